The van der Waals surface area contributed by atoms with Crippen molar-refractivity contribution in [2.75, 3.05) is 7.11 Å². The van der Waals surface area contributed by atoms with Crippen LogP contribution in [0.1, 0.15) is 25.6 Å². The van der Waals surface area contributed by atoms with E-state index in [9.17, 15) is 0 Å². The van der Waals surface area contributed by atoms with Crippen LogP contribution in [0.4, 0.5) is 0 Å². The lowest BCUT2D eigenvalue weighted by Crippen LogP contribution is -2.44. The lowest BCUT2D eigenvalue weighted by atomic mass is 10.1. The average molecular weight is 317 g/mol. The van der Waals surface area contributed by atoms with Gasteiger partial charge >= 0.3 is 0 Å². The van der Waals surface area contributed by atoms with Crippen molar-refractivity contribution in [2.45, 2.75) is 32.9 Å². The summed E-state index contributed by atoms with van der Waals surface area (Å²) in [5.41, 5.74) is 7.00. The van der Waals surface area contributed by atoms with Crippen LogP contribution in [0.25, 0.3) is 10.4 Å². The maximum absolute atomic E-state index is 5.89. The second kappa shape index (κ2) is 6.83. The Labute approximate surface area is 136 Å². The van der Waals surface area contributed by atoms with Crippen molar-refractivity contribution in [3.05, 3.63) is 41.3 Å². The summed E-state index contributed by atoms with van der Waals surface area (Å²) in [5.74, 6) is 1.35. The van der Waals surface area contributed by atoms with E-state index in [4.69, 9.17) is 10.5 Å². The molecule has 1 aromatic heterocycles. The van der Waals surface area contributed by atoms with Crippen LogP contribution in [0.2, 0.25) is 0 Å². The third-order valence-corrected chi connectivity index (χ3v) is 4.06. The van der Waals surface area contributed by atoms with Gasteiger partial charge in [0, 0.05) is 15.3 Å². The Morgan fingerprint density at radius 2 is 1.86 bits per heavy atom. The highest BCUT2D eigenvalue weighted by atomic mass is 32.1. The number of hydrogen-bond donors (Lipinski definition) is 2. The SMILES string of the molecule is COc1ccc(-c2ccc(CN=C(N)NC(C)(C)C)s2)cc1. The van der Waals surface area contributed by atoms with Crippen LogP contribution in [0, 0.1) is 0 Å². The number of nitrogens with zero attached hydrogens (tertiary/aromatic N) is 1. The first-order chi connectivity index (χ1) is 10.4. The molecule has 0 bridgehead atoms. The van der Waals surface area contributed by atoms with Crippen molar-refractivity contribution >= 4 is 17.3 Å². The first kappa shape index (κ1) is 16.4. The summed E-state index contributed by atoms with van der Waals surface area (Å²) < 4.78 is 5.18. The van der Waals surface area contributed by atoms with Crippen LogP contribution >= 0.6 is 11.3 Å². The smallest absolute Gasteiger partial charge is 0.189 e. The van der Waals surface area contributed by atoms with E-state index < -0.39 is 0 Å². The number of hydrogen-bond acceptors (Lipinski definition) is 3. The van der Waals surface area contributed by atoms with E-state index >= 15 is 0 Å². The standard InChI is InChI=1S/C17H23N3OS/c1-17(2,3)20-16(18)19-11-14-9-10-15(22-14)12-5-7-13(21-4)8-6-12/h5-10H,11H2,1-4H3,(H3,18,19,20). The molecule has 0 spiro atoms. The van der Waals surface area contributed by atoms with E-state index in [-0.39, 0.29) is 5.54 Å². The van der Waals surface area contributed by atoms with Crippen LogP contribution in [0.3, 0.4) is 0 Å². The molecule has 118 valence electrons. The molecule has 0 unspecified atom stereocenters. The van der Waals surface area contributed by atoms with Crippen molar-refractivity contribution in [3.8, 4) is 16.2 Å². The van der Waals surface area contributed by atoms with Crippen molar-refractivity contribution < 1.29 is 4.74 Å². The molecule has 0 amide bonds. The third kappa shape index (κ3) is 4.77. The van der Waals surface area contributed by atoms with Crippen LogP contribution in [-0.4, -0.2) is 18.6 Å². The number of thiophene rings is 1. The molecule has 2 aromatic rings. The summed E-state index contributed by atoms with van der Waals surface area (Å²) in [5, 5.41) is 3.16. The number of rotatable bonds is 4. The molecule has 0 radical (unpaired) electrons. The summed E-state index contributed by atoms with van der Waals surface area (Å²) in [6, 6.07) is 12.3. The second-order valence-electron chi connectivity index (χ2n) is 6.07. The van der Waals surface area contributed by atoms with Gasteiger partial charge in [-0.3, -0.25) is 0 Å². The predicted octanol–water partition coefficient (Wildman–Crippen LogP) is 3.63. The van der Waals surface area contributed by atoms with Gasteiger partial charge in [0.25, 0.3) is 0 Å². The molecule has 0 saturated carbocycles. The van der Waals surface area contributed by atoms with Gasteiger partial charge in [-0.1, -0.05) is 0 Å². The summed E-state index contributed by atoms with van der Waals surface area (Å²) in [6.07, 6.45) is 0. The Morgan fingerprint density at radius 3 is 2.45 bits per heavy atom. The number of methoxy groups -OCH3 is 1. The van der Waals surface area contributed by atoms with E-state index in [2.05, 4.69) is 55.3 Å². The van der Waals surface area contributed by atoms with Gasteiger partial charge in [-0.2, -0.15) is 0 Å². The summed E-state index contributed by atoms with van der Waals surface area (Å²) >= 11 is 1.73. The third-order valence-electron chi connectivity index (χ3n) is 2.94. The van der Waals surface area contributed by atoms with Gasteiger partial charge in [-0.15, -0.1) is 11.3 Å². The maximum Gasteiger partial charge on any atom is 0.189 e. The molecule has 0 aliphatic carbocycles. The highest BCUT2D eigenvalue weighted by Crippen LogP contribution is 2.29. The Hall–Kier alpha value is -2.01. The number of nitrogens with two attached hydrogens (primary N) is 1. The molecule has 3 N–H and O–H groups in total. The van der Waals surface area contributed by atoms with Gasteiger partial charge in [0.2, 0.25) is 0 Å². The molecule has 4 nitrogen and oxygen atoms in total. The first-order valence-corrected chi connectivity index (χ1v) is 8.00. The van der Waals surface area contributed by atoms with Crippen molar-refractivity contribution in [3.63, 3.8) is 0 Å². The van der Waals surface area contributed by atoms with Crippen LogP contribution in [0.5, 0.6) is 5.75 Å². The number of guanidine groups is 1. The molecule has 0 atom stereocenters. The minimum atomic E-state index is -0.0721. The normalized spacial score (nSPS) is 12.3. The Kier molecular flexibility index (Phi) is 5.08. The lowest BCUT2D eigenvalue weighted by molar-refractivity contribution is 0.415. The monoisotopic (exact) mass is 317 g/mol. The molecule has 1 aromatic carbocycles. The number of aliphatic imine (C=N–C) groups is 1. The van der Waals surface area contributed by atoms with Crippen molar-refractivity contribution in [2.24, 2.45) is 10.7 Å². The van der Waals surface area contributed by atoms with Gasteiger partial charge in [0.15, 0.2) is 5.96 Å². The van der Waals surface area contributed by atoms with Gasteiger partial charge < -0.3 is 15.8 Å². The zero-order valence-electron chi connectivity index (χ0n) is 13.5. The summed E-state index contributed by atoms with van der Waals surface area (Å²) in [4.78, 5) is 6.79. The number of ether oxygens (including phenoxy) is 1. The Bertz CT molecular complexity index is 639. The minimum absolute atomic E-state index is 0.0721. The number of nitrogens with one attached hydrogen (secondary N) is 1. The van der Waals surface area contributed by atoms with E-state index in [1.54, 1.807) is 18.4 Å². The van der Waals surface area contributed by atoms with Gasteiger partial charge in [-0.25, -0.2) is 4.99 Å². The summed E-state index contributed by atoms with van der Waals surface area (Å²) in [7, 11) is 1.67. The Balaban J connectivity index is 2.03. The average Bonchev–Trinajstić information content (AvgIpc) is 2.92. The molecular formula is C17H23N3OS. The molecule has 5 heteroatoms. The van der Waals surface area contributed by atoms with Crippen LogP contribution < -0.4 is 15.8 Å². The topological polar surface area (TPSA) is 59.6 Å². The van der Waals surface area contributed by atoms with Gasteiger partial charge in [-0.05, 0) is 62.7 Å². The summed E-state index contributed by atoms with van der Waals surface area (Å²) in [6.45, 7) is 6.77. The maximum atomic E-state index is 5.89. The fourth-order valence-corrected chi connectivity index (χ4v) is 2.90. The predicted molar refractivity (Wildman–Crippen MR) is 94.5 cm³/mol. The lowest BCUT2D eigenvalue weighted by Gasteiger charge is -2.20. The number of benzene rings is 1. The van der Waals surface area contributed by atoms with Crippen LogP contribution in [-0.2, 0) is 6.54 Å². The van der Waals surface area contributed by atoms with Gasteiger partial charge in [0.05, 0.1) is 13.7 Å². The molecule has 0 fully saturated rings. The van der Waals surface area contributed by atoms with E-state index in [1.165, 1.54) is 15.3 Å². The van der Waals surface area contributed by atoms with Crippen molar-refractivity contribution in [1.82, 2.24) is 5.32 Å². The van der Waals surface area contributed by atoms with Gasteiger partial charge in [0.1, 0.15) is 5.75 Å². The molecule has 22 heavy (non-hydrogen) atoms. The molecule has 0 aliphatic rings. The molecule has 1 heterocycles. The van der Waals surface area contributed by atoms with Crippen LogP contribution in [0.15, 0.2) is 41.4 Å². The molecular weight excluding hydrogens is 294 g/mol. The quantitative estimate of drug-likeness (QED) is 0.669. The first-order valence-electron chi connectivity index (χ1n) is 7.18. The fraction of sp³-hybridized carbons (Fsp3) is 0.353. The fourth-order valence-electron chi connectivity index (χ4n) is 1.96. The largest absolute Gasteiger partial charge is 0.497 e. The van der Waals surface area contributed by atoms with E-state index in [0.717, 1.165) is 5.75 Å². The molecule has 0 saturated heterocycles. The second-order valence-corrected chi connectivity index (χ2v) is 7.24. The molecule has 0 aliphatic heterocycles. The van der Waals surface area contributed by atoms with E-state index in [0.29, 0.717) is 12.5 Å². The zero-order valence-corrected chi connectivity index (χ0v) is 14.3. The minimum Gasteiger partial charge on any atom is -0.497 e. The Morgan fingerprint density at radius 1 is 1.18 bits per heavy atom. The van der Waals surface area contributed by atoms with Crippen molar-refractivity contribution in [1.29, 1.82) is 0 Å². The zero-order chi connectivity index (χ0) is 16.2. The van der Waals surface area contributed by atoms with E-state index in [1.807, 2.05) is 12.1 Å². The highest BCUT2D eigenvalue weighted by Gasteiger charge is 2.10. The molecule has 2 rings (SSSR count). The highest BCUT2D eigenvalue weighted by molar-refractivity contribution is 7.15.